The maximum absolute atomic E-state index is 11.7. The van der Waals surface area contributed by atoms with E-state index >= 15 is 0 Å². The summed E-state index contributed by atoms with van der Waals surface area (Å²) in [7, 11) is 0. The molecule has 0 aliphatic rings. The SMILES string of the molecule is CCCCCCCCCCNC(=O)[C@@H](N)C(C)CC. The lowest BCUT2D eigenvalue weighted by Crippen LogP contribution is -2.44. The molecule has 2 atom stereocenters. The van der Waals surface area contributed by atoms with Gasteiger partial charge in [0.25, 0.3) is 0 Å². The van der Waals surface area contributed by atoms with Crippen LogP contribution in [-0.4, -0.2) is 18.5 Å². The van der Waals surface area contributed by atoms with Gasteiger partial charge in [-0.1, -0.05) is 72.1 Å². The second-order valence-corrected chi connectivity index (χ2v) is 5.68. The van der Waals surface area contributed by atoms with Gasteiger partial charge in [0.1, 0.15) is 0 Å². The van der Waals surface area contributed by atoms with Crippen LogP contribution in [-0.2, 0) is 4.79 Å². The molecule has 114 valence electrons. The highest BCUT2D eigenvalue weighted by molar-refractivity contribution is 5.81. The minimum Gasteiger partial charge on any atom is -0.355 e. The number of nitrogens with two attached hydrogens (primary N) is 1. The van der Waals surface area contributed by atoms with Gasteiger partial charge in [0.15, 0.2) is 0 Å². The van der Waals surface area contributed by atoms with Crippen LogP contribution in [0.2, 0.25) is 0 Å². The molecular weight excluding hydrogens is 236 g/mol. The van der Waals surface area contributed by atoms with E-state index in [-0.39, 0.29) is 17.9 Å². The van der Waals surface area contributed by atoms with Crippen LogP contribution in [0.4, 0.5) is 0 Å². The first kappa shape index (κ1) is 18.4. The molecule has 0 rings (SSSR count). The molecule has 1 amide bonds. The van der Waals surface area contributed by atoms with E-state index in [4.69, 9.17) is 5.73 Å². The number of nitrogens with one attached hydrogen (secondary N) is 1. The lowest BCUT2D eigenvalue weighted by Gasteiger charge is -2.17. The summed E-state index contributed by atoms with van der Waals surface area (Å²) in [6, 6.07) is -0.348. The number of amides is 1. The van der Waals surface area contributed by atoms with Crippen molar-refractivity contribution >= 4 is 5.91 Å². The van der Waals surface area contributed by atoms with Crippen LogP contribution in [0.15, 0.2) is 0 Å². The monoisotopic (exact) mass is 270 g/mol. The molecule has 0 aromatic heterocycles. The number of unbranched alkanes of at least 4 members (excludes halogenated alkanes) is 7. The highest BCUT2D eigenvalue weighted by atomic mass is 16.2. The van der Waals surface area contributed by atoms with Gasteiger partial charge in [-0.25, -0.2) is 0 Å². The van der Waals surface area contributed by atoms with E-state index in [1.165, 1.54) is 44.9 Å². The summed E-state index contributed by atoms with van der Waals surface area (Å²) >= 11 is 0. The highest BCUT2D eigenvalue weighted by Crippen LogP contribution is 2.08. The molecule has 0 aromatic carbocycles. The molecule has 19 heavy (non-hydrogen) atoms. The third kappa shape index (κ3) is 9.94. The molecule has 1 unspecified atom stereocenters. The van der Waals surface area contributed by atoms with Crippen LogP contribution in [0.1, 0.15) is 78.6 Å². The Balaban J connectivity index is 3.36. The Morgan fingerprint density at radius 3 is 2.05 bits per heavy atom. The molecule has 0 spiro atoms. The minimum atomic E-state index is -0.348. The Hall–Kier alpha value is -0.570. The fourth-order valence-electron chi connectivity index (χ4n) is 2.10. The van der Waals surface area contributed by atoms with Crippen molar-refractivity contribution in [2.75, 3.05) is 6.54 Å². The summed E-state index contributed by atoms with van der Waals surface area (Å²) in [4.78, 5) is 11.7. The van der Waals surface area contributed by atoms with E-state index in [9.17, 15) is 4.79 Å². The number of carbonyl (C=O) groups is 1. The molecule has 0 radical (unpaired) electrons. The zero-order chi connectivity index (χ0) is 14.5. The zero-order valence-corrected chi connectivity index (χ0v) is 13.2. The molecule has 3 heteroatoms. The van der Waals surface area contributed by atoms with Crippen LogP contribution in [0.3, 0.4) is 0 Å². The normalized spacial score (nSPS) is 14.1. The van der Waals surface area contributed by atoms with Crippen molar-refractivity contribution in [3.8, 4) is 0 Å². The summed E-state index contributed by atoms with van der Waals surface area (Å²) in [6.45, 7) is 7.11. The Morgan fingerprint density at radius 1 is 1.00 bits per heavy atom. The Labute approximate surface area is 119 Å². The summed E-state index contributed by atoms with van der Waals surface area (Å²) in [6.07, 6.45) is 11.3. The van der Waals surface area contributed by atoms with Gasteiger partial charge in [-0.3, -0.25) is 4.79 Å². The zero-order valence-electron chi connectivity index (χ0n) is 13.2. The van der Waals surface area contributed by atoms with Crippen molar-refractivity contribution in [3.05, 3.63) is 0 Å². The topological polar surface area (TPSA) is 55.1 Å². The molecule has 0 bridgehead atoms. The van der Waals surface area contributed by atoms with Crippen molar-refractivity contribution in [2.45, 2.75) is 84.6 Å². The molecule has 0 heterocycles. The van der Waals surface area contributed by atoms with Crippen molar-refractivity contribution < 1.29 is 4.79 Å². The molecule has 3 N–H and O–H groups in total. The third-order valence-electron chi connectivity index (χ3n) is 3.89. The quantitative estimate of drug-likeness (QED) is 0.532. The minimum absolute atomic E-state index is 0.0114. The predicted molar refractivity (Wildman–Crippen MR) is 83.1 cm³/mol. The lowest BCUT2D eigenvalue weighted by molar-refractivity contribution is -0.123. The summed E-state index contributed by atoms with van der Waals surface area (Å²) in [5.74, 6) is 0.274. The maximum Gasteiger partial charge on any atom is 0.237 e. The molecule has 0 aromatic rings. The molecule has 0 saturated carbocycles. The highest BCUT2D eigenvalue weighted by Gasteiger charge is 2.18. The van der Waals surface area contributed by atoms with Crippen LogP contribution in [0.5, 0.6) is 0 Å². The fourth-order valence-corrected chi connectivity index (χ4v) is 2.10. The second kappa shape index (κ2) is 12.5. The van der Waals surface area contributed by atoms with Gasteiger partial charge in [0, 0.05) is 6.54 Å². The van der Waals surface area contributed by atoms with E-state index in [2.05, 4.69) is 19.2 Å². The van der Waals surface area contributed by atoms with Crippen LogP contribution < -0.4 is 11.1 Å². The molecule has 0 fully saturated rings. The number of carbonyl (C=O) groups excluding carboxylic acids is 1. The molecule has 0 saturated heterocycles. The molecule has 3 nitrogen and oxygen atoms in total. The molecule has 0 aliphatic heterocycles. The summed E-state index contributed by atoms with van der Waals surface area (Å²) in [5, 5.41) is 2.94. The Morgan fingerprint density at radius 2 is 1.53 bits per heavy atom. The summed E-state index contributed by atoms with van der Waals surface area (Å²) in [5.41, 5.74) is 5.87. The van der Waals surface area contributed by atoms with Gasteiger partial charge in [-0.05, 0) is 12.3 Å². The van der Waals surface area contributed by atoms with E-state index in [1.54, 1.807) is 0 Å². The van der Waals surface area contributed by atoms with Gasteiger partial charge in [-0.15, -0.1) is 0 Å². The van der Waals surface area contributed by atoms with Crippen molar-refractivity contribution in [1.82, 2.24) is 5.32 Å². The fraction of sp³-hybridized carbons (Fsp3) is 0.938. The molecule has 0 aliphatic carbocycles. The van der Waals surface area contributed by atoms with E-state index in [1.807, 2.05) is 6.92 Å². The number of hydrogen-bond donors (Lipinski definition) is 2. The largest absolute Gasteiger partial charge is 0.355 e. The number of rotatable bonds is 12. The van der Waals surface area contributed by atoms with Gasteiger partial charge < -0.3 is 11.1 Å². The standard InChI is InChI=1S/C16H34N2O/c1-4-6-7-8-9-10-11-12-13-18-16(19)15(17)14(3)5-2/h14-15H,4-13,17H2,1-3H3,(H,18,19)/t14?,15-/m0/s1. The third-order valence-corrected chi connectivity index (χ3v) is 3.89. The van der Waals surface area contributed by atoms with Crippen LogP contribution in [0, 0.1) is 5.92 Å². The van der Waals surface area contributed by atoms with Gasteiger partial charge in [-0.2, -0.15) is 0 Å². The molecular formula is C16H34N2O. The van der Waals surface area contributed by atoms with Crippen LogP contribution in [0.25, 0.3) is 0 Å². The van der Waals surface area contributed by atoms with E-state index < -0.39 is 0 Å². The first-order valence-corrected chi connectivity index (χ1v) is 8.16. The smallest absolute Gasteiger partial charge is 0.237 e. The van der Waals surface area contributed by atoms with E-state index in [0.717, 1.165) is 19.4 Å². The predicted octanol–water partition coefficient (Wildman–Crippen LogP) is 3.62. The maximum atomic E-state index is 11.7. The lowest BCUT2D eigenvalue weighted by atomic mass is 9.99. The summed E-state index contributed by atoms with van der Waals surface area (Å²) < 4.78 is 0. The van der Waals surface area contributed by atoms with E-state index in [0.29, 0.717) is 0 Å². The Bertz CT molecular complexity index is 219. The first-order chi connectivity index (χ1) is 9.13. The first-order valence-electron chi connectivity index (χ1n) is 8.16. The Kier molecular flexibility index (Phi) is 12.1. The van der Waals surface area contributed by atoms with Gasteiger partial charge in [0.2, 0.25) is 5.91 Å². The second-order valence-electron chi connectivity index (χ2n) is 5.68. The average molecular weight is 270 g/mol. The number of hydrogen-bond acceptors (Lipinski definition) is 2. The van der Waals surface area contributed by atoms with Gasteiger partial charge in [0.05, 0.1) is 6.04 Å². The van der Waals surface area contributed by atoms with Crippen molar-refractivity contribution in [2.24, 2.45) is 11.7 Å². The van der Waals surface area contributed by atoms with Crippen molar-refractivity contribution in [1.29, 1.82) is 0 Å². The van der Waals surface area contributed by atoms with Crippen LogP contribution >= 0.6 is 0 Å². The van der Waals surface area contributed by atoms with Gasteiger partial charge >= 0.3 is 0 Å². The average Bonchev–Trinajstić information content (AvgIpc) is 2.43. The van der Waals surface area contributed by atoms with Crippen molar-refractivity contribution in [3.63, 3.8) is 0 Å².